The molecular weight excluding hydrogens is 577 g/mol. The van der Waals surface area contributed by atoms with E-state index in [-0.39, 0.29) is 5.56 Å². The number of aryl methyl sites for hydroxylation is 1. The minimum atomic E-state index is -5.08. The molecule has 0 saturated carbocycles. The van der Waals surface area contributed by atoms with Crippen LogP contribution in [0.5, 0.6) is 5.75 Å². The fourth-order valence-corrected chi connectivity index (χ4v) is 4.24. The second kappa shape index (κ2) is 14.6. The molecule has 1 heterocycles. The number of carboxylic acid groups (broad SMARTS) is 1. The van der Waals surface area contributed by atoms with Gasteiger partial charge in [-0.3, -0.25) is 9.36 Å². The number of rotatable bonds is 9. The van der Waals surface area contributed by atoms with Gasteiger partial charge in [-0.1, -0.05) is 41.9 Å². The third kappa shape index (κ3) is 9.96. The van der Waals surface area contributed by atoms with E-state index in [1.165, 1.54) is 17.2 Å². The van der Waals surface area contributed by atoms with Gasteiger partial charge < -0.3 is 25.8 Å². The predicted octanol–water partition coefficient (Wildman–Crippen LogP) is 4.76. The lowest BCUT2D eigenvalue weighted by atomic mass is 9.93. The molecule has 1 aromatic heterocycles. The molecule has 42 heavy (non-hydrogen) atoms. The maximum atomic E-state index is 12.8. The Morgan fingerprint density at radius 2 is 1.76 bits per heavy atom. The monoisotopic (exact) mass is 606 g/mol. The number of nitrogens with one attached hydrogen (secondary N) is 1. The minimum absolute atomic E-state index is 0.115. The average Bonchev–Trinajstić information content (AvgIpc) is 2.92. The molecule has 0 spiro atoms. The van der Waals surface area contributed by atoms with E-state index in [0.29, 0.717) is 30.5 Å². The highest BCUT2D eigenvalue weighted by molar-refractivity contribution is 6.30. The number of nitrogens with zero attached hydrogens (tertiary/aromatic N) is 2. The fraction of sp³-hybridized carbons (Fsp3) is 0.276. The summed E-state index contributed by atoms with van der Waals surface area (Å²) < 4.78 is 39.2. The highest BCUT2D eigenvalue weighted by Gasteiger charge is 2.38. The van der Waals surface area contributed by atoms with Crippen LogP contribution in [-0.2, 0) is 24.4 Å². The van der Waals surface area contributed by atoms with Crippen LogP contribution in [0, 0.1) is 0 Å². The van der Waals surface area contributed by atoms with Crippen molar-refractivity contribution in [2.24, 2.45) is 5.73 Å². The number of amides is 2. The highest BCUT2D eigenvalue weighted by atomic mass is 35.5. The van der Waals surface area contributed by atoms with Gasteiger partial charge in [-0.15, -0.1) is 0 Å². The molecule has 0 unspecified atom stereocenters. The molecule has 0 saturated heterocycles. The topological polar surface area (TPSA) is 127 Å². The van der Waals surface area contributed by atoms with E-state index < -0.39 is 18.2 Å². The number of carboxylic acids is 1. The highest BCUT2D eigenvalue weighted by Crippen LogP contribution is 2.27. The van der Waals surface area contributed by atoms with Gasteiger partial charge in [-0.25, -0.2) is 9.59 Å². The van der Waals surface area contributed by atoms with Crippen molar-refractivity contribution in [3.63, 3.8) is 0 Å². The molecule has 2 aromatic carbocycles. The van der Waals surface area contributed by atoms with Crippen LogP contribution in [0.1, 0.15) is 28.7 Å². The summed E-state index contributed by atoms with van der Waals surface area (Å²) >= 11 is 5.92. The normalized spacial score (nSPS) is 12.5. The Labute approximate surface area is 245 Å². The number of hydrogen-bond donors (Lipinski definition) is 3. The molecule has 2 amide bonds. The SMILES string of the molecule is CN(CCNC(N)=O)Cc1ccc2c(c1)CCC(n1ccc(OCc3ccc(Cl)cc3)cc1=O)=C2.O=C(O)C(F)(F)F. The molecule has 224 valence electrons. The number of fused-ring (bicyclic) bond motifs is 1. The number of allylic oxidation sites excluding steroid dienone is 1. The van der Waals surface area contributed by atoms with Gasteiger partial charge in [0, 0.05) is 42.6 Å². The van der Waals surface area contributed by atoms with Crippen molar-refractivity contribution in [3.8, 4) is 5.75 Å². The number of likely N-dealkylation sites (N-methyl/N-ethyl adjacent to an activating group) is 1. The van der Waals surface area contributed by atoms with Crippen molar-refractivity contribution in [2.45, 2.75) is 32.2 Å². The molecule has 0 bridgehead atoms. The summed E-state index contributed by atoms with van der Waals surface area (Å²) in [6, 6.07) is 16.7. The van der Waals surface area contributed by atoms with Gasteiger partial charge in [0.15, 0.2) is 0 Å². The van der Waals surface area contributed by atoms with E-state index in [9.17, 15) is 22.8 Å². The minimum Gasteiger partial charge on any atom is -0.489 e. The van der Waals surface area contributed by atoms with Crippen LogP contribution in [0.25, 0.3) is 11.8 Å². The van der Waals surface area contributed by atoms with Gasteiger partial charge in [0.25, 0.3) is 5.56 Å². The van der Waals surface area contributed by atoms with E-state index in [0.717, 1.165) is 36.2 Å². The van der Waals surface area contributed by atoms with Gasteiger partial charge in [0.2, 0.25) is 0 Å². The number of nitrogens with two attached hydrogens (primary N) is 1. The standard InChI is InChI=1S/C27H29ClN4O3.C2HF3O2/c1-31(13-11-30-27(29)34)17-20-2-5-22-15-24(9-6-21(22)14-20)32-12-10-25(16-26(32)33)35-18-19-3-7-23(28)8-4-19;3-2(4,5)1(6)7/h2-5,7-8,10,12,14-16H,6,9,11,13,17-18H2,1H3,(H3,29,30,34);(H,6,7). The fourth-order valence-electron chi connectivity index (χ4n) is 4.12. The first kappa shape index (κ1) is 32.2. The zero-order valence-corrected chi connectivity index (χ0v) is 23.4. The summed E-state index contributed by atoms with van der Waals surface area (Å²) in [7, 11) is 2.01. The van der Waals surface area contributed by atoms with Crippen LogP contribution in [-0.4, -0.2) is 52.9 Å². The molecule has 0 aliphatic heterocycles. The summed E-state index contributed by atoms with van der Waals surface area (Å²) in [4.78, 5) is 34.6. The molecular formula is C29H30ClF3N4O5. The summed E-state index contributed by atoms with van der Waals surface area (Å²) in [5.41, 5.74) is 10.6. The number of alkyl halides is 3. The van der Waals surface area contributed by atoms with Gasteiger partial charge in [0.1, 0.15) is 12.4 Å². The van der Waals surface area contributed by atoms with Crippen LogP contribution in [0.15, 0.2) is 65.6 Å². The van der Waals surface area contributed by atoms with Crippen molar-refractivity contribution in [1.82, 2.24) is 14.8 Å². The number of aromatic nitrogens is 1. The third-order valence-electron chi connectivity index (χ3n) is 6.19. The molecule has 3 aromatic rings. The molecule has 1 aliphatic carbocycles. The zero-order valence-electron chi connectivity index (χ0n) is 22.7. The summed E-state index contributed by atoms with van der Waals surface area (Å²) in [5, 5.41) is 10.4. The molecule has 9 nitrogen and oxygen atoms in total. The van der Waals surface area contributed by atoms with Crippen LogP contribution in [0.3, 0.4) is 0 Å². The summed E-state index contributed by atoms with van der Waals surface area (Å²) in [6.07, 6.45) is 0.418. The Hall–Kier alpha value is -4.29. The van der Waals surface area contributed by atoms with Crippen molar-refractivity contribution < 1.29 is 32.6 Å². The molecule has 4 N–H and O–H groups in total. The molecule has 0 atom stereocenters. The number of urea groups is 1. The number of carbonyl (C=O) groups is 2. The lowest BCUT2D eigenvalue weighted by Gasteiger charge is -2.21. The summed E-state index contributed by atoms with van der Waals surface area (Å²) in [6.45, 7) is 2.38. The van der Waals surface area contributed by atoms with E-state index in [2.05, 4.69) is 34.5 Å². The lowest BCUT2D eigenvalue weighted by molar-refractivity contribution is -0.192. The van der Waals surface area contributed by atoms with Gasteiger partial charge in [-0.05, 0) is 66.4 Å². The van der Waals surface area contributed by atoms with Crippen molar-refractivity contribution in [1.29, 1.82) is 0 Å². The number of pyridine rings is 1. The molecule has 1 aliphatic rings. The number of halogens is 4. The number of benzene rings is 2. The number of carbonyl (C=O) groups excluding carboxylic acids is 1. The van der Waals surface area contributed by atoms with E-state index in [1.54, 1.807) is 10.8 Å². The Balaban J connectivity index is 0.000000616. The Kier molecular flexibility index (Phi) is 11.2. The first-order chi connectivity index (χ1) is 19.8. The Bertz CT molecular complexity index is 1490. The van der Waals surface area contributed by atoms with Crippen molar-refractivity contribution >= 4 is 35.4 Å². The van der Waals surface area contributed by atoms with Gasteiger partial charge >= 0.3 is 18.2 Å². The lowest BCUT2D eigenvalue weighted by Crippen LogP contribution is -2.35. The largest absolute Gasteiger partial charge is 0.490 e. The van der Waals surface area contributed by atoms with Crippen molar-refractivity contribution in [3.05, 3.63) is 98.4 Å². The smallest absolute Gasteiger partial charge is 0.489 e. The number of ether oxygens (including phenoxy) is 1. The second-order valence-electron chi connectivity index (χ2n) is 9.49. The first-order valence-electron chi connectivity index (χ1n) is 12.8. The van der Waals surface area contributed by atoms with E-state index >= 15 is 0 Å². The predicted molar refractivity (Wildman–Crippen MR) is 153 cm³/mol. The van der Waals surface area contributed by atoms with Crippen molar-refractivity contribution in [2.75, 3.05) is 20.1 Å². The maximum Gasteiger partial charge on any atom is 0.490 e. The second-order valence-corrected chi connectivity index (χ2v) is 9.92. The molecule has 13 heteroatoms. The van der Waals surface area contributed by atoms with E-state index in [1.807, 2.05) is 37.4 Å². The van der Waals surface area contributed by atoms with Crippen LogP contribution < -0.4 is 21.3 Å². The first-order valence-corrected chi connectivity index (χ1v) is 13.1. The van der Waals surface area contributed by atoms with Gasteiger partial charge in [0.05, 0.1) is 0 Å². The summed E-state index contributed by atoms with van der Waals surface area (Å²) in [5.74, 6) is -2.22. The Morgan fingerprint density at radius 3 is 2.38 bits per heavy atom. The number of hydrogen-bond acceptors (Lipinski definition) is 5. The molecule has 0 fully saturated rings. The number of aliphatic carboxylic acids is 1. The maximum absolute atomic E-state index is 12.8. The molecule has 4 rings (SSSR count). The van der Waals surface area contributed by atoms with Crippen LogP contribution in [0.4, 0.5) is 18.0 Å². The Morgan fingerprint density at radius 1 is 1.10 bits per heavy atom. The van der Waals surface area contributed by atoms with E-state index in [4.69, 9.17) is 32.0 Å². The zero-order chi connectivity index (χ0) is 30.9. The quantitative estimate of drug-likeness (QED) is 0.322. The van der Waals surface area contributed by atoms with Gasteiger partial charge in [-0.2, -0.15) is 13.2 Å². The third-order valence-corrected chi connectivity index (χ3v) is 6.44. The number of primary amides is 1. The average molecular weight is 607 g/mol. The van der Waals surface area contributed by atoms with Crippen LogP contribution >= 0.6 is 11.6 Å². The molecule has 0 radical (unpaired) electrons. The van der Waals surface area contributed by atoms with Crippen LogP contribution in [0.2, 0.25) is 5.02 Å².